The number of anilines is 2. The van der Waals surface area contributed by atoms with Crippen molar-refractivity contribution in [1.29, 1.82) is 0 Å². The average molecular weight is 443 g/mol. The van der Waals surface area contributed by atoms with Crippen LogP contribution in [0.15, 0.2) is 72.8 Å². The topological polar surface area (TPSA) is 83.6 Å². The molecule has 3 rings (SSSR count). The van der Waals surface area contributed by atoms with Gasteiger partial charge in [-0.05, 0) is 42.5 Å². The zero-order valence-electron chi connectivity index (χ0n) is 16.3. The first-order valence-electron chi connectivity index (χ1n) is 8.91. The summed E-state index contributed by atoms with van der Waals surface area (Å²) in [6.45, 7) is 0. The van der Waals surface area contributed by atoms with Gasteiger partial charge >= 0.3 is 0 Å². The van der Waals surface area contributed by atoms with E-state index in [4.69, 9.17) is 11.6 Å². The Hall–Kier alpha value is -3.16. The maximum atomic E-state index is 12.9. The van der Waals surface area contributed by atoms with E-state index in [0.29, 0.717) is 27.5 Å². The summed E-state index contributed by atoms with van der Waals surface area (Å²) in [5, 5.41) is 3.11. The normalized spacial score (nSPS) is 11.0. The first-order chi connectivity index (χ1) is 14.2. The predicted octanol–water partition coefficient (Wildman–Crippen LogP) is 4.22. The quantitative estimate of drug-likeness (QED) is 0.579. The summed E-state index contributed by atoms with van der Waals surface area (Å²) in [6.07, 6.45) is 1.10. The van der Waals surface area contributed by atoms with Crippen LogP contribution in [0.3, 0.4) is 0 Å². The molecule has 1 amide bonds. The highest BCUT2D eigenvalue weighted by Gasteiger charge is 2.17. The lowest BCUT2D eigenvalue weighted by molar-refractivity contribution is 0.102. The van der Waals surface area contributed by atoms with Crippen molar-refractivity contribution in [2.75, 3.05) is 22.9 Å². The van der Waals surface area contributed by atoms with Crippen LogP contribution >= 0.6 is 11.6 Å². The predicted molar refractivity (Wildman–Crippen MR) is 119 cm³/mol. The van der Waals surface area contributed by atoms with Crippen molar-refractivity contribution in [3.63, 3.8) is 0 Å². The van der Waals surface area contributed by atoms with Crippen molar-refractivity contribution in [3.8, 4) is 0 Å². The van der Waals surface area contributed by atoms with E-state index in [1.165, 1.54) is 37.4 Å². The summed E-state index contributed by atoms with van der Waals surface area (Å²) in [7, 11) is -1.97. The fraction of sp³-hybridized carbons (Fsp3) is 0.0909. The minimum Gasteiger partial charge on any atom is -0.321 e. The van der Waals surface area contributed by atoms with Crippen LogP contribution in [-0.2, 0) is 10.0 Å². The van der Waals surface area contributed by atoms with Crippen LogP contribution in [0.4, 0.5) is 11.4 Å². The number of nitrogens with zero attached hydrogens (tertiary/aromatic N) is 1. The number of carbonyl (C=O) groups excluding carboxylic acids is 2. The summed E-state index contributed by atoms with van der Waals surface area (Å²) in [4.78, 5) is 25.6. The SMILES string of the molecule is CN(c1ccc(C(=O)Nc2ccc(Cl)cc2C(=O)c2ccccc2)cc1)S(C)(=O)=O. The van der Waals surface area contributed by atoms with Gasteiger partial charge in [0, 0.05) is 28.8 Å². The van der Waals surface area contributed by atoms with E-state index in [1.807, 2.05) is 6.07 Å². The third-order valence-corrected chi connectivity index (χ3v) is 5.94. The van der Waals surface area contributed by atoms with E-state index < -0.39 is 15.9 Å². The molecular weight excluding hydrogens is 424 g/mol. The molecular formula is C22H19ClN2O4S. The maximum Gasteiger partial charge on any atom is 0.255 e. The van der Waals surface area contributed by atoms with Crippen LogP contribution < -0.4 is 9.62 Å². The molecule has 0 aliphatic rings. The highest BCUT2D eigenvalue weighted by atomic mass is 35.5. The molecule has 0 spiro atoms. The molecule has 0 aliphatic carbocycles. The Kier molecular flexibility index (Phi) is 6.24. The first kappa shape index (κ1) is 21.5. The molecule has 0 unspecified atom stereocenters. The number of nitrogens with one attached hydrogen (secondary N) is 1. The monoisotopic (exact) mass is 442 g/mol. The van der Waals surface area contributed by atoms with Gasteiger partial charge in [0.1, 0.15) is 0 Å². The standard InChI is InChI=1S/C22H19ClN2O4S/c1-25(30(2,28)29)18-11-8-16(9-12-18)22(27)24-20-13-10-17(23)14-19(20)21(26)15-6-4-3-5-7-15/h3-14H,1-2H3,(H,24,27). The van der Waals surface area contributed by atoms with Gasteiger partial charge in [0.25, 0.3) is 5.91 Å². The molecule has 0 atom stereocenters. The Labute approximate surface area is 180 Å². The second kappa shape index (κ2) is 8.69. The van der Waals surface area contributed by atoms with Crippen molar-refractivity contribution >= 4 is 44.7 Å². The van der Waals surface area contributed by atoms with Crippen molar-refractivity contribution in [2.24, 2.45) is 0 Å². The van der Waals surface area contributed by atoms with Gasteiger partial charge in [0.15, 0.2) is 5.78 Å². The zero-order valence-corrected chi connectivity index (χ0v) is 17.9. The second-order valence-corrected chi connectivity index (χ2v) is 9.07. The summed E-state index contributed by atoms with van der Waals surface area (Å²) >= 11 is 6.07. The van der Waals surface area contributed by atoms with E-state index >= 15 is 0 Å². The van der Waals surface area contributed by atoms with Crippen LogP contribution in [0.5, 0.6) is 0 Å². The summed E-state index contributed by atoms with van der Waals surface area (Å²) in [6, 6.07) is 19.5. The average Bonchev–Trinajstić information content (AvgIpc) is 2.74. The molecule has 0 radical (unpaired) electrons. The highest BCUT2D eigenvalue weighted by Crippen LogP contribution is 2.25. The molecule has 0 saturated carbocycles. The third kappa shape index (κ3) is 4.87. The number of halogens is 1. The van der Waals surface area contributed by atoms with Crippen molar-refractivity contribution in [3.05, 3.63) is 94.5 Å². The van der Waals surface area contributed by atoms with E-state index in [0.717, 1.165) is 10.6 Å². The Morgan fingerprint density at radius 2 is 1.53 bits per heavy atom. The fourth-order valence-electron chi connectivity index (χ4n) is 2.77. The van der Waals surface area contributed by atoms with Gasteiger partial charge in [-0.1, -0.05) is 41.9 Å². The Morgan fingerprint density at radius 1 is 0.900 bits per heavy atom. The molecule has 0 saturated heterocycles. The number of carbonyl (C=O) groups is 2. The van der Waals surface area contributed by atoms with Crippen molar-refractivity contribution in [2.45, 2.75) is 0 Å². The minimum atomic E-state index is -3.40. The smallest absolute Gasteiger partial charge is 0.255 e. The van der Waals surface area contributed by atoms with E-state index in [-0.39, 0.29) is 11.3 Å². The summed E-state index contributed by atoms with van der Waals surface area (Å²) in [5.74, 6) is -0.702. The van der Waals surface area contributed by atoms with Crippen molar-refractivity contribution < 1.29 is 18.0 Å². The van der Waals surface area contributed by atoms with Crippen LogP contribution in [0, 0.1) is 0 Å². The number of hydrogen-bond donors (Lipinski definition) is 1. The Bertz CT molecular complexity index is 1190. The highest BCUT2D eigenvalue weighted by molar-refractivity contribution is 7.92. The minimum absolute atomic E-state index is 0.265. The lowest BCUT2D eigenvalue weighted by Gasteiger charge is -2.17. The number of benzene rings is 3. The second-order valence-electron chi connectivity index (χ2n) is 6.62. The van der Waals surface area contributed by atoms with Crippen LogP contribution in [-0.4, -0.2) is 33.4 Å². The lowest BCUT2D eigenvalue weighted by atomic mass is 10.0. The molecule has 0 bridgehead atoms. The number of ketones is 1. The number of rotatable bonds is 6. The van der Waals surface area contributed by atoms with Gasteiger partial charge in [0.05, 0.1) is 17.6 Å². The van der Waals surface area contributed by atoms with Gasteiger partial charge in [0.2, 0.25) is 10.0 Å². The van der Waals surface area contributed by atoms with Gasteiger partial charge in [-0.25, -0.2) is 8.42 Å². The van der Waals surface area contributed by atoms with Crippen LogP contribution in [0.25, 0.3) is 0 Å². The molecule has 154 valence electrons. The molecule has 8 heteroatoms. The lowest BCUT2D eigenvalue weighted by Crippen LogP contribution is -2.24. The molecule has 0 fully saturated rings. The number of sulfonamides is 1. The number of hydrogen-bond acceptors (Lipinski definition) is 4. The van der Waals surface area contributed by atoms with Gasteiger partial charge in [-0.3, -0.25) is 13.9 Å². The molecule has 0 heterocycles. The largest absolute Gasteiger partial charge is 0.321 e. The van der Waals surface area contributed by atoms with Gasteiger partial charge in [-0.15, -0.1) is 0 Å². The fourth-order valence-corrected chi connectivity index (χ4v) is 3.44. The summed E-state index contributed by atoms with van der Waals surface area (Å²) < 4.78 is 24.4. The Morgan fingerprint density at radius 3 is 2.13 bits per heavy atom. The molecule has 1 N–H and O–H groups in total. The van der Waals surface area contributed by atoms with E-state index in [9.17, 15) is 18.0 Å². The maximum absolute atomic E-state index is 12.9. The van der Waals surface area contributed by atoms with Crippen LogP contribution in [0.2, 0.25) is 5.02 Å². The molecule has 30 heavy (non-hydrogen) atoms. The van der Waals surface area contributed by atoms with E-state index in [1.54, 1.807) is 36.4 Å². The molecule has 0 aromatic heterocycles. The molecule has 3 aromatic carbocycles. The third-order valence-electron chi connectivity index (χ3n) is 4.50. The molecule has 3 aromatic rings. The van der Waals surface area contributed by atoms with Gasteiger partial charge in [-0.2, -0.15) is 0 Å². The van der Waals surface area contributed by atoms with Crippen LogP contribution in [0.1, 0.15) is 26.3 Å². The van der Waals surface area contributed by atoms with Crippen molar-refractivity contribution in [1.82, 2.24) is 0 Å². The first-order valence-corrected chi connectivity index (χ1v) is 11.1. The van der Waals surface area contributed by atoms with E-state index in [2.05, 4.69) is 5.32 Å². The van der Waals surface area contributed by atoms with Gasteiger partial charge < -0.3 is 5.32 Å². The Balaban J connectivity index is 1.86. The zero-order chi connectivity index (χ0) is 21.9. The molecule has 0 aliphatic heterocycles. The number of amides is 1. The molecule has 6 nitrogen and oxygen atoms in total. The summed E-state index contributed by atoms with van der Waals surface area (Å²) in [5.41, 5.74) is 1.82.